The van der Waals surface area contributed by atoms with Gasteiger partial charge in [0.25, 0.3) is 0 Å². The van der Waals surface area contributed by atoms with Crippen molar-refractivity contribution in [2.75, 3.05) is 13.7 Å². The van der Waals surface area contributed by atoms with E-state index in [9.17, 15) is 9.59 Å². The number of pyridine rings is 1. The van der Waals surface area contributed by atoms with Crippen LogP contribution >= 0.6 is 11.6 Å². The van der Waals surface area contributed by atoms with Crippen LogP contribution in [0.25, 0.3) is 0 Å². The highest BCUT2D eigenvalue weighted by molar-refractivity contribution is 6.30. The summed E-state index contributed by atoms with van der Waals surface area (Å²) in [5.41, 5.74) is -0.194. The minimum Gasteiger partial charge on any atom is -0.467 e. The standard InChI is InChI=1S/C19H27ClN2O6/c1-19(2,3)28-18(24)22-13(17(23)25-4)11-12-8-9-14(16(20)21-12)27-15-7-5-6-10-26-15/h8-9,13,15H,5-7,10-11H2,1-4H3,(H,22,24). The van der Waals surface area contributed by atoms with Crippen LogP contribution in [0.3, 0.4) is 0 Å². The van der Waals surface area contributed by atoms with Gasteiger partial charge in [0.15, 0.2) is 17.2 Å². The monoisotopic (exact) mass is 414 g/mol. The lowest BCUT2D eigenvalue weighted by Gasteiger charge is -2.24. The number of nitrogens with zero attached hydrogens (tertiary/aromatic N) is 1. The van der Waals surface area contributed by atoms with E-state index >= 15 is 0 Å². The summed E-state index contributed by atoms with van der Waals surface area (Å²) in [5, 5.41) is 2.66. The Kier molecular flexibility index (Phi) is 7.88. The smallest absolute Gasteiger partial charge is 0.408 e. The number of methoxy groups -OCH3 is 1. The van der Waals surface area contributed by atoms with E-state index in [1.165, 1.54) is 7.11 Å². The summed E-state index contributed by atoms with van der Waals surface area (Å²) in [5.74, 6) is -0.202. The van der Waals surface area contributed by atoms with Gasteiger partial charge in [-0.05, 0) is 45.7 Å². The third-order valence-electron chi connectivity index (χ3n) is 3.86. The van der Waals surface area contributed by atoms with Crippen molar-refractivity contribution in [1.29, 1.82) is 0 Å². The normalized spacial score (nSPS) is 18.1. The van der Waals surface area contributed by atoms with Crippen molar-refractivity contribution in [3.63, 3.8) is 0 Å². The van der Waals surface area contributed by atoms with Crippen molar-refractivity contribution in [3.05, 3.63) is 23.0 Å². The number of esters is 1. The quantitative estimate of drug-likeness (QED) is 0.563. The van der Waals surface area contributed by atoms with E-state index in [0.29, 0.717) is 18.1 Å². The van der Waals surface area contributed by atoms with E-state index in [1.54, 1.807) is 32.9 Å². The van der Waals surface area contributed by atoms with Gasteiger partial charge in [-0.2, -0.15) is 0 Å². The van der Waals surface area contributed by atoms with Crippen molar-refractivity contribution in [3.8, 4) is 5.75 Å². The number of rotatable bonds is 6. The van der Waals surface area contributed by atoms with Gasteiger partial charge in [0.1, 0.15) is 11.6 Å². The largest absolute Gasteiger partial charge is 0.467 e. The summed E-state index contributed by atoms with van der Waals surface area (Å²) in [6.07, 6.45) is 1.88. The molecule has 0 radical (unpaired) electrons. The van der Waals surface area contributed by atoms with E-state index in [4.69, 9.17) is 30.5 Å². The zero-order chi connectivity index (χ0) is 20.7. The molecule has 1 amide bonds. The molecule has 0 aliphatic carbocycles. The fourth-order valence-corrected chi connectivity index (χ4v) is 2.82. The van der Waals surface area contributed by atoms with Gasteiger partial charge in [0, 0.05) is 18.5 Å². The van der Waals surface area contributed by atoms with Crippen LogP contribution in [0.2, 0.25) is 5.15 Å². The molecule has 9 heteroatoms. The second kappa shape index (κ2) is 9.93. The zero-order valence-corrected chi connectivity index (χ0v) is 17.4. The Morgan fingerprint density at radius 1 is 1.36 bits per heavy atom. The number of hydrogen-bond donors (Lipinski definition) is 1. The first kappa shape index (κ1) is 22.2. The molecule has 2 atom stereocenters. The number of alkyl carbamates (subject to hydrolysis) is 1. The van der Waals surface area contributed by atoms with Gasteiger partial charge >= 0.3 is 12.1 Å². The molecule has 2 rings (SSSR count). The van der Waals surface area contributed by atoms with Gasteiger partial charge in [-0.15, -0.1) is 0 Å². The van der Waals surface area contributed by atoms with Gasteiger partial charge in [0.05, 0.1) is 13.7 Å². The molecule has 2 heterocycles. The van der Waals surface area contributed by atoms with Crippen LogP contribution in [-0.2, 0) is 25.4 Å². The Morgan fingerprint density at radius 2 is 2.11 bits per heavy atom. The van der Waals surface area contributed by atoms with E-state index < -0.39 is 23.7 Å². The molecule has 1 aromatic rings. The summed E-state index contributed by atoms with van der Waals surface area (Å²) in [6.45, 7) is 5.85. The molecule has 1 aromatic heterocycles. The molecule has 28 heavy (non-hydrogen) atoms. The minimum absolute atomic E-state index is 0.0891. The third-order valence-corrected chi connectivity index (χ3v) is 4.13. The predicted octanol–water partition coefficient (Wildman–Crippen LogP) is 3.25. The topological polar surface area (TPSA) is 96.0 Å². The maximum Gasteiger partial charge on any atom is 0.408 e. The summed E-state index contributed by atoms with van der Waals surface area (Å²) in [4.78, 5) is 28.3. The average molecular weight is 415 g/mol. The van der Waals surface area contributed by atoms with Crippen molar-refractivity contribution >= 4 is 23.7 Å². The first-order valence-corrected chi connectivity index (χ1v) is 9.57. The first-order valence-electron chi connectivity index (χ1n) is 9.19. The molecule has 1 fully saturated rings. The van der Waals surface area contributed by atoms with Crippen LogP contribution in [0.5, 0.6) is 5.75 Å². The summed E-state index contributed by atoms with van der Waals surface area (Å²) in [7, 11) is 1.24. The average Bonchev–Trinajstić information content (AvgIpc) is 2.62. The predicted molar refractivity (Wildman–Crippen MR) is 102 cm³/mol. The van der Waals surface area contributed by atoms with Crippen molar-refractivity contribution < 1.29 is 28.5 Å². The van der Waals surface area contributed by atoms with Crippen LogP contribution in [-0.4, -0.2) is 48.7 Å². The van der Waals surface area contributed by atoms with Gasteiger partial charge in [-0.3, -0.25) is 0 Å². The number of nitrogens with one attached hydrogen (secondary N) is 1. The Balaban J connectivity index is 2.03. The summed E-state index contributed by atoms with van der Waals surface area (Å²) in [6, 6.07) is 2.39. The van der Waals surface area contributed by atoms with E-state index in [1.807, 2.05) is 0 Å². The number of hydrogen-bond acceptors (Lipinski definition) is 7. The Morgan fingerprint density at radius 3 is 2.68 bits per heavy atom. The van der Waals surface area contributed by atoms with Crippen molar-refractivity contribution in [1.82, 2.24) is 10.3 Å². The fraction of sp³-hybridized carbons (Fsp3) is 0.632. The Hall–Kier alpha value is -2.06. The highest BCUT2D eigenvalue weighted by Gasteiger charge is 2.26. The lowest BCUT2D eigenvalue weighted by molar-refractivity contribution is -0.143. The Bertz CT molecular complexity index is 685. The molecule has 0 spiro atoms. The van der Waals surface area contributed by atoms with Crippen LogP contribution in [0.4, 0.5) is 4.79 Å². The number of amides is 1. The molecule has 156 valence electrons. The molecule has 1 saturated heterocycles. The molecule has 2 unspecified atom stereocenters. The zero-order valence-electron chi connectivity index (χ0n) is 16.6. The molecule has 8 nitrogen and oxygen atoms in total. The number of carbonyl (C=O) groups excluding carboxylic acids is 2. The third kappa shape index (κ3) is 7.16. The number of carbonyl (C=O) groups is 2. The van der Waals surface area contributed by atoms with Crippen LogP contribution < -0.4 is 10.1 Å². The van der Waals surface area contributed by atoms with Gasteiger partial charge in [0.2, 0.25) is 0 Å². The lowest BCUT2D eigenvalue weighted by Crippen LogP contribution is -2.45. The lowest BCUT2D eigenvalue weighted by atomic mass is 10.1. The molecule has 1 aliphatic heterocycles. The Labute approximate surface area is 169 Å². The summed E-state index contributed by atoms with van der Waals surface area (Å²) >= 11 is 6.22. The SMILES string of the molecule is COC(=O)C(Cc1ccc(OC2CCCCO2)c(Cl)n1)NC(=O)OC(C)(C)C. The molecule has 1 aliphatic rings. The molecular weight excluding hydrogens is 388 g/mol. The van der Waals surface area contributed by atoms with Crippen molar-refractivity contribution in [2.45, 2.75) is 64.4 Å². The number of halogens is 1. The second-order valence-electron chi connectivity index (χ2n) is 7.43. The fourth-order valence-electron chi connectivity index (χ4n) is 2.60. The second-order valence-corrected chi connectivity index (χ2v) is 7.79. The maximum absolute atomic E-state index is 12.0. The van der Waals surface area contributed by atoms with Gasteiger partial charge in [-0.25, -0.2) is 14.6 Å². The molecule has 0 bridgehead atoms. The van der Waals surface area contributed by atoms with Gasteiger partial charge < -0.3 is 24.3 Å². The van der Waals surface area contributed by atoms with Gasteiger partial charge in [-0.1, -0.05) is 11.6 Å². The number of ether oxygens (including phenoxy) is 4. The van der Waals surface area contributed by atoms with Crippen LogP contribution in [0.1, 0.15) is 45.7 Å². The molecule has 0 saturated carbocycles. The minimum atomic E-state index is -0.961. The first-order chi connectivity index (χ1) is 13.2. The maximum atomic E-state index is 12.0. The highest BCUT2D eigenvalue weighted by Crippen LogP contribution is 2.26. The van der Waals surface area contributed by atoms with E-state index in [0.717, 1.165) is 19.3 Å². The molecule has 0 aromatic carbocycles. The van der Waals surface area contributed by atoms with Crippen molar-refractivity contribution in [2.24, 2.45) is 0 Å². The van der Waals surface area contributed by atoms with E-state index in [2.05, 4.69) is 10.3 Å². The molecule has 1 N–H and O–H groups in total. The van der Waals surface area contributed by atoms with Crippen LogP contribution in [0, 0.1) is 0 Å². The molecular formula is C19H27ClN2O6. The van der Waals surface area contributed by atoms with Crippen LogP contribution in [0.15, 0.2) is 12.1 Å². The van der Waals surface area contributed by atoms with E-state index in [-0.39, 0.29) is 17.9 Å². The highest BCUT2D eigenvalue weighted by atomic mass is 35.5. The number of aromatic nitrogens is 1. The summed E-state index contributed by atoms with van der Waals surface area (Å²) < 4.78 is 21.2.